The number of benzene rings is 2. The van der Waals surface area contributed by atoms with E-state index in [2.05, 4.69) is 54.7 Å². The smallest absolute Gasteiger partial charge is 0.0741 e. The highest BCUT2D eigenvalue weighted by Crippen LogP contribution is 2.20. The zero-order valence-corrected chi connectivity index (χ0v) is 12.0. The van der Waals surface area contributed by atoms with Crippen molar-refractivity contribution in [3.8, 4) is 0 Å². The number of fused-ring (bicyclic) bond motifs is 1. The number of rotatable bonds is 5. The molecule has 0 aliphatic heterocycles. The molecule has 0 amide bonds. The molecule has 0 aromatic heterocycles. The van der Waals surface area contributed by atoms with Gasteiger partial charge in [-0.2, -0.15) is 0 Å². The number of nitrogens with one attached hydrogen (secondary N) is 1. The van der Waals surface area contributed by atoms with Crippen LogP contribution in [0.2, 0.25) is 0 Å². The van der Waals surface area contributed by atoms with Crippen LogP contribution in [0, 0.1) is 0 Å². The third-order valence-electron chi connectivity index (χ3n) is 3.82. The zero-order valence-electron chi connectivity index (χ0n) is 12.0. The summed E-state index contributed by atoms with van der Waals surface area (Å²) in [5.41, 5.74) is 0.621. The zero-order chi connectivity index (χ0) is 13.9. The molecule has 2 aromatic rings. The molecule has 2 heteroatoms. The van der Waals surface area contributed by atoms with E-state index in [-0.39, 0.29) is 6.04 Å². The lowest BCUT2D eigenvalue weighted by Gasteiger charge is -2.25. The summed E-state index contributed by atoms with van der Waals surface area (Å²) in [5.74, 6) is 0. The first-order valence-electron chi connectivity index (χ1n) is 6.96. The molecule has 0 fully saturated rings. The quantitative estimate of drug-likeness (QED) is 0.857. The molecule has 0 spiro atoms. The van der Waals surface area contributed by atoms with Gasteiger partial charge in [0.2, 0.25) is 0 Å². The Balaban J connectivity index is 2.11. The van der Waals surface area contributed by atoms with Crippen molar-refractivity contribution in [3.63, 3.8) is 0 Å². The van der Waals surface area contributed by atoms with E-state index < -0.39 is 5.60 Å². The second-order valence-corrected chi connectivity index (χ2v) is 5.56. The fourth-order valence-corrected chi connectivity index (χ4v) is 2.09. The predicted molar refractivity (Wildman–Crippen MR) is 81.3 cm³/mol. The van der Waals surface area contributed by atoms with Gasteiger partial charge in [0.1, 0.15) is 0 Å². The third-order valence-corrected chi connectivity index (χ3v) is 3.82. The fourth-order valence-electron chi connectivity index (χ4n) is 2.09. The van der Waals surface area contributed by atoms with Crippen LogP contribution in [-0.4, -0.2) is 17.3 Å². The Morgan fingerprint density at radius 1 is 1.16 bits per heavy atom. The van der Waals surface area contributed by atoms with Crippen molar-refractivity contribution < 1.29 is 5.11 Å². The monoisotopic (exact) mass is 257 g/mol. The topological polar surface area (TPSA) is 32.3 Å². The number of hydrogen-bond donors (Lipinski definition) is 2. The second kappa shape index (κ2) is 5.72. The highest BCUT2D eigenvalue weighted by atomic mass is 16.3. The van der Waals surface area contributed by atoms with Gasteiger partial charge >= 0.3 is 0 Å². The summed E-state index contributed by atoms with van der Waals surface area (Å²) in [6.07, 6.45) is 0.754. The van der Waals surface area contributed by atoms with E-state index in [0.29, 0.717) is 6.54 Å². The molecule has 0 aliphatic rings. The molecule has 19 heavy (non-hydrogen) atoms. The van der Waals surface area contributed by atoms with E-state index >= 15 is 0 Å². The van der Waals surface area contributed by atoms with Crippen LogP contribution in [-0.2, 0) is 0 Å². The van der Waals surface area contributed by atoms with Gasteiger partial charge in [0, 0.05) is 12.6 Å². The molecule has 2 N–H and O–H groups in total. The molecule has 0 saturated carbocycles. The average Bonchev–Trinajstić information content (AvgIpc) is 2.44. The second-order valence-electron chi connectivity index (χ2n) is 5.56. The highest BCUT2D eigenvalue weighted by Gasteiger charge is 2.18. The van der Waals surface area contributed by atoms with Gasteiger partial charge in [-0.15, -0.1) is 0 Å². The van der Waals surface area contributed by atoms with Gasteiger partial charge in [0.15, 0.2) is 0 Å². The molecule has 2 rings (SSSR count). The molecule has 0 saturated heterocycles. The van der Waals surface area contributed by atoms with Crippen molar-refractivity contribution in [2.24, 2.45) is 0 Å². The summed E-state index contributed by atoms with van der Waals surface area (Å²) in [5, 5.41) is 16.0. The van der Waals surface area contributed by atoms with E-state index in [1.165, 1.54) is 16.3 Å². The Morgan fingerprint density at radius 3 is 2.53 bits per heavy atom. The first-order chi connectivity index (χ1) is 9.02. The van der Waals surface area contributed by atoms with Crippen LogP contribution in [0.4, 0.5) is 0 Å². The molecule has 2 aromatic carbocycles. The fraction of sp³-hybridized carbons (Fsp3) is 0.412. The van der Waals surface area contributed by atoms with Crippen molar-refractivity contribution in [3.05, 3.63) is 48.0 Å². The van der Waals surface area contributed by atoms with Crippen LogP contribution in [0.3, 0.4) is 0 Å². The summed E-state index contributed by atoms with van der Waals surface area (Å²) in [6.45, 7) is 6.61. The molecular weight excluding hydrogens is 234 g/mol. The van der Waals surface area contributed by atoms with Crippen LogP contribution < -0.4 is 5.32 Å². The molecule has 0 bridgehead atoms. The highest BCUT2D eigenvalue weighted by molar-refractivity contribution is 5.83. The number of aliphatic hydroxyl groups is 1. The Labute approximate surface area is 115 Å². The van der Waals surface area contributed by atoms with Crippen molar-refractivity contribution in [1.29, 1.82) is 0 Å². The minimum atomic E-state index is -0.634. The van der Waals surface area contributed by atoms with Crippen LogP contribution in [0.1, 0.15) is 38.8 Å². The predicted octanol–water partition coefficient (Wildman–Crippen LogP) is 3.65. The van der Waals surface area contributed by atoms with Crippen molar-refractivity contribution >= 4 is 10.8 Å². The Hall–Kier alpha value is -1.38. The van der Waals surface area contributed by atoms with Crippen LogP contribution in [0.15, 0.2) is 42.5 Å². The molecule has 0 heterocycles. The van der Waals surface area contributed by atoms with Crippen molar-refractivity contribution in [2.75, 3.05) is 6.54 Å². The largest absolute Gasteiger partial charge is 0.389 e. The van der Waals surface area contributed by atoms with Crippen LogP contribution in [0.25, 0.3) is 10.8 Å². The maximum Gasteiger partial charge on any atom is 0.0741 e. The van der Waals surface area contributed by atoms with Gasteiger partial charge in [-0.1, -0.05) is 43.3 Å². The summed E-state index contributed by atoms with van der Waals surface area (Å²) in [4.78, 5) is 0. The molecule has 0 aliphatic carbocycles. The Morgan fingerprint density at radius 2 is 1.84 bits per heavy atom. The van der Waals surface area contributed by atoms with Crippen molar-refractivity contribution in [1.82, 2.24) is 5.32 Å². The maximum absolute atomic E-state index is 10.0. The minimum Gasteiger partial charge on any atom is -0.389 e. The van der Waals surface area contributed by atoms with Crippen LogP contribution in [0.5, 0.6) is 0 Å². The molecule has 0 radical (unpaired) electrons. The van der Waals surface area contributed by atoms with E-state index in [1.54, 1.807) is 0 Å². The lowest BCUT2D eigenvalue weighted by Crippen LogP contribution is -2.38. The normalized spacial score (nSPS) is 16.2. The molecule has 2 atom stereocenters. The van der Waals surface area contributed by atoms with Crippen molar-refractivity contribution in [2.45, 2.75) is 38.8 Å². The maximum atomic E-state index is 10.0. The van der Waals surface area contributed by atoms with Gasteiger partial charge in [0.05, 0.1) is 5.60 Å². The first kappa shape index (κ1) is 14.0. The summed E-state index contributed by atoms with van der Waals surface area (Å²) < 4.78 is 0. The van der Waals surface area contributed by atoms with E-state index in [9.17, 15) is 5.11 Å². The van der Waals surface area contributed by atoms with Gasteiger partial charge in [-0.25, -0.2) is 0 Å². The molecular formula is C17H23NO. The van der Waals surface area contributed by atoms with E-state index in [1.807, 2.05) is 13.8 Å². The first-order valence-corrected chi connectivity index (χ1v) is 6.96. The van der Waals surface area contributed by atoms with Crippen LogP contribution >= 0.6 is 0 Å². The minimum absolute atomic E-state index is 0.239. The number of hydrogen-bond acceptors (Lipinski definition) is 2. The van der Waals surface area contributed by atoms with Gasteiger partial charge < -0.3 is 10.4 Å². The summed E-state index contributed by atoms with van der Waals surface area (Å²) in [6, 6.07) is 15.1. The van der Waals surface area contributed by atoms with Gasteiger partial charge in [-0.05, 0) is 42.7 Å². The van der Waals surface area contributed by atoms with Gasteiger partial charge in [-0.3, -0.25) is 0 Å². The van der Waals surface area contributed by atoms with E-state index in [0.717, 1.165) is 6.42 Å². The Kier molecular flexibility index (Phi) is 4.23. The Bertz CT molecular complexity index is 548. The lowest BCUT2D eigenvalue weighted by atomic mass is 10.0. The average molecular weight is 257 g/mol. The summed E-state index contributed by atoms with van der Waals surface area (Å²) in [7, 11) is 0. The third kappa shape index (κ3) is 3.55. The van der Waals surface area contributed by atoms with E-state index in [4.69, 9.17) is 0 Å². The summed E-state index contributed by atoms with van der Waals surface area (Å²) >= 11 is 0. The van der Waals surface area contributed by atoms with Gasteiger partial charge in [0.25, 0.3) is 0 Å². The standard InChI is InChI=1S/C17H23NO/c1-4-17(3,19)12-18-13(2)15-10-9-14-7-5-6-8-16(14)11-15/h5-11,13,18-19H,4,12H2,1-3H3. The molecule has 102 valence electrons. The lowest BCUT2D eigenvalue weighted by molar-refractivity contribution is 0.0534. The molecule has 2 unspecified atom stereocenters. The SMILES string of the molecule is CCC(C)(O)CNC(C)c1ccc2ccccc2c1. The molecule has 2 nitrogen and oxygen atoms in total.